The number of nitrogens with one attached hydrogen (secondary N) is 2. The summed E-state index contributed by atoms with van der Waals surface area (Å²) >= 11 is 5.97. The highest BCUT2D eigenvalue weighted by Gasteiger charge is 2.14. The van der Waals surface area contributed by atoms with Gasteiger partial charge in [-0.2, -0.15) is 0 Å². The molecular weight excluding hydrogens is 416 g/mol. The smallest absolute Gasteiger partial charge is 0.238 e. The van der Waals surface area contributed by atoms with Crippen molar-refractivity contribution in [2.24, 2.45) is 0 Å². The largest absolute Gasteiger partial charge is 0.378 e. The predicted molar refractivity (Wildman–Crippen MR) is 124 cm³/mol. The number of carbonyl (C=O) groups excluding carboxylic acids is 2. The zero-order valence-electron chi connectivity index (χ0n) is 17.8. The molecule has 3 rings (SSSR count). The Morgan fingerprint density at radius 1 is 1.06 bits per heavy atom. The first-order chi connectivity index (χ1) is 15.0. The van der Waals surface area contributed by atoms with Gasteiger partial charge in [0.05, 0.1) is 26.3 Å². The van der Waals surface area contributed by atoms with Gasteiger partial charge in [0.1, 0.15) is 0 Å². The SMILES string of the molecule is CCN(CC(=O)NCc1cccc(Cl)c1)CC(=O)Nc1ccc(N2CCOCC2)cc1. The molecule has 1 saturated heterocycles. The third-order valence-corrected chi connectivity index (χ3v) is 5.32. The van der Waals surface area contributed by atoms with Crippen molar-refractivity contribution in [2.75, 3.05) is 56.2 Å². The van der Waals surface area contributed by atoms with Crippen molar-refractivity contribution in [1.29, 1.82) is 0 Å². The number of benzene rings is 2. The molecular formula is C23H29ClN4O3. The van der Waals surface area contributed by atoms with Gasteiger partial charge < -0.3 is 20.3 Å². The highest BCUT2D eigenvalue weighted by Crippen LogP contribution is 2.19. The molecule has 31 heavy (non-hydrogen) atoms. The van der Waals surface area contributed by atoms with Crippen molar-refractivity contribution in [3.05, 3.63) is 59.1 Å². The third kappa shape index (κ3) is 7.54. The number of amides is 2. The molecule has 1 heterocycles. The molecule has 2 amide bonds. The fourth-order valence-electron chi connectivity index (χ4n) is 3.37. The number of hydrogen-bond donors (Lipinski definition) is 2. The van der Waals surface area contributed by atoms with E-state index in [1.165, 1.54) is 0 Å². The third-order valence-electron chi connectivity index (χ3n) is 5.09. The Balaban J connectivity index is 1.43. The van der Waals surface area contributed by atoms with Crippen LogP contribution in [0, 0.1) is 0 Å². The van der Waals surface area contributed by atoms with Crippen molar-refractivity contribution in [3.8, 4) is 0 Å². The van der Waals surface area contributed by atoms with Gasteiger partial charge in [0.2, 0.25) is 11.8 Å². The Morgan fingerprint density at radius 2 is 1.77 bits per heavy atom. The van der Waals surface area contributed by atoms with Crippen LogP contribution < -0.4 is 15.5 Å². The minimum atomic E-state index is -0.149. The highest BCUT2D eigenvalue weighted by molar-refractivity contribution is 6.30. The van der Waals surface area contributed by atoms with Gasteiger partial charge in [-0.05, 0) is 48.5 Å². The van der Waals surface area contributed by atoms with Crippen molar-refractivity contribution in [2.45, 2.75) is 13.5 Å². The van der Waals surface area contributed by atoms with E-state index in [-0.39, 0.29) is 24.9 Å². The van der Waals surface area contributed by atoms with Crippen LogP contribution in [-0.4, -0.2) is 62.7 Å². The number of halogens is 1. The molecule has 1 aliphatic heterocycles. The van der Waals surface area contributed by atoms with Crippen LogP contribution in [0.15, 0.2) is 48.5 Å². The van der Waals surface area contributed by atoms with E-state index >= 15 is 0 Å². The van der Waals surface area contributed by atoms with E-state index in [9.17, 15) is 9.59 Å². The second kappa shape index (κ2) is 11.7. The van der Waals surface area contributed by atoms with Crippen LogP contribution in [-0.2, 0) is 20.9 Å². The van der Waals surface area contributed by atoms with Crippen LogP contribution in [0.5, 0.6) is 0 Å². The first-order valence-corrected chi connectivity index (χ1v) is 10.9. The zero-order valence-corrected chi connectivity index (χ0v) is 18.5. The van der Waals surface area contributed by atoms with Crippen LogP contribution in [0.2, 0.25) is 5.02 Å². The van der Waals surface area contributed by atoms with Gasteiger partial charge in [-0.1, -0.05) is 30.7 Å². The van der Waals surface area contributed by atoms with E-state index in [0.29, 0.717) is 18.1 Å². The molecule has 0 bridgehead atoms. The maximum Gasteiger partial charge on any atom is 0.238 e. The van der Waals surface area contributed by atoms with Crippen molar-refractivity contribution < 1.29 is 14.3 Å². The van der Waals surface area contributed by atoms with E-state index < -0.39 is 0 Å². The lowest BCUT2D eigenvalue weighted by Gasteiger charge is -2.29. The molecule has 1 fully saturated rings. The summed E-state index contributed by atoms with van der Waals surface area (Å²) in [5.74, 6) is -0.284. The summed E-state index contributed by atoms with van der Waals surface area (Å²) in [5.41, 5.74) is 2.79. The maximum absolute atomic E-state index is 12.4. The Labute approximate surface area is 188 Å². The minimum Gasteiger partial charge on any atom is -0.378 e. The maximum atomic E-state index is 12.4. The number of carbonyl (C=O) groups is 2. The number of rotatable bonds is 9. The van der Waals surface area contributed by atoms with Crippen LogP contribution in [0.1, 0.15) is 12.5 Å². The van der Waals surface area contributed by atoms with Crippen molar-refractivity contribution in [1.82, 2.24) is 10.2 Å². The molecule has 2 aromatic carbocycles. The van der Waals surface area contributed by atoms with E-state index in [2.05, 4.69) is 15.5 Å². The van der Waals surface area contributed by atoms with Gasteiger partial charge in [0, 0.05) is 36.0 Å². The summed E-state index contributed by atoms with van der Waals surface area (Å²) in [6, 6.07) is 15.2. The number of morpholine rings is 1. The van der Waals surface area contributed by atoms with Crippen molar-refractivity contribution in [3.63, 3.8) is 0 Å². The monoisotopic (exact) mass is 444 g/mol. The van der Waals surface area contributed by atoms with E-state index in [1.807, 2.05) is 49.4 Å². The number of likely N-dealkylation sites (N-methyl/N-ethyl adjacent to an activating group) is 1. The van der Waals surface area contributed by atoms with Crippen LogP contribution in [0.4, 0.5) is 11.4 Å². The molecule has 8 heteroatoms. The molecule has 0 atom stereocenters. The number of anilines is 2. The zero-order chi connectivity index (χ0) is 22.1. The molecule has 0 aliphatic carbocycles. The Morgan fingerprint density at radius 3 is 2.45 bits per heavy atom. The summed E-state index contributed by atoms with van der Waals surface area (Å²) in [5, 5.41) is 6.41. The fraction of sp³-hybridized carbons (Fsp3) is 0.391. The average Bonchev–Trinajstić information content (AvgIpc) is 2.78. The normalized spacial score (nSPS) is 13.8. The number of nitrogens with zero attached hydrogens (tertiary/aromatic N) is 2. The van der Waals surface area contributed by atoms with Gasteiger partial charge in [-0.15, -0.1) is 0 Å². The molecule has 1 aliphatic rings. The van der Waals surface area contributed by atoms with Crippen LogP contribution in [0.3, 0.4) is 0 Å². The second-order valence-electron chi connectivity index (χ2n) is 7.40. The quantitative estimate of drug-likeness (QED) is 0.622. The van der Waals surface area contributed by atoms with Gasteiger partial charge in [0.25, 0.3) is 0 Å². The summed E-state index contributed by atoms with van der Waals surface area (Å²) in [4.78, 5) is 28.8. The minimum absolute atomic E-state index is 0.135. The second-order valence-corrected chi connectivity index (χ2v) is 7.84. The fourth-order valence-corrected chi connectivity index (χ4v) is 3.58. The molecule has 0 spiro atoms. The Bertz CT molecular complexity index is 869. The van der Waals surface area contributed by atoms with E-state index in [0.717, 1.165) is 43.2 Å². The molecule has 0 aromatic heterocycles. The van der Waals surface area contributed by atoms with E-state index in [1.54, 1.807) is 11.0 Å². The van der Waals surface area contributed by atoms with Gasteiger partial charge in [-0.3, -0.25) is 14.5 Å². The molecule has 0 unspecified atom stereocenters. The Kier molecular flexibility index (Phi) is 8.70. The average molecular weight is 445 g/mol. The standard InChI is InChI=1S/C23H29ClN4O3/c1-2-27(16-22(29)25-15-18-4-3-5-19(24)14-18)17-23(30)26-20-6-8-21(9-7-20)28-10-12-31-13-11-28/h3-9,14H,2,10-13,15-17H2,1H3,(H,25,29)(H,26,30). The first kappa shape index (κ1) is 23.1. The highest BCUT2D eigenvalue weighted by atomic mass is 35.5. The van der Waals surface area contributed by atoms with Crippen LogP contribution >= 0.6 is 11.6 Å². The van der Waals surface area contributed by atoms with Gasteiger partial charge >= 0.3 is 0 Å². The van der Waals surface area contributed by atoms with Gasteiger partial charge in [0.15, 0.2) is 0 Å². The molecule has 2 N–H and O–H groups in total. The summed E-state index contributed by atoms with van der Waals surface area (Å²) in [6.45, 7) is 6.43. The summed E-state index contributed by atoms with van der Waals surface area (Å²) < 4.78 is 5.38. The molecule has 2 aromatic rings. The summed E-state index contributed by atoms with van der Waals surface area (Å²) in [7, 11) is 0. The van der Waals surface area contributed by atoms with E-state index in [4.69, 9.17) is 16.3 Å². The lowest BCUT2D eigenvalue weighted by Crippen LogP contribution is -2.40. The van der Waals surface area contributed by atoms with Crippen molar-refractivity contribution >= 4 is 34.8 Å². The molecule has 0 radical (unpaired) electrons. The van der Waals surface area contributed by atoms with Gasteiger partial charge in [-0.25, -0.2) is 0 Å². The summed E-state index contributed by atoms with van der Waals surface area (Å²) in [6.07, 6.45) is 0. The lowest BCUT2D eigenvalue weighted by atomic mass is 10.2. The molecule has 0 saturated carbocycles. The lowest BCUT2D eigenvalue weighted by molar-refractivity contribution is -0.123. The molecule has 166 valence electrons. The topological polar surface area (TPSA) is 73.9 Å². The number of hydrogen-bond acceptors (Lipinski definition) is 5. The predicted octanol–water partition coefficient (Wildman–Crippen LogP) is 2.75. The molecule has 7 nitrogen and oxygen atoms in total. The number of ether oxygens (including phenoxy) is 1. The Hall–Kier alpha value is -2.61. The first-order valence-electron chi connectivity index (χ1n) is 10.5. The van der Waals surface area contributed by atoms with Crippen LogP contribution in [0.25, 0.3) is 0 Å².